The van der Waals surface area contributed by atoms with Gasteiger partial charge in [-0.1, -0.05) is 23.5 Å². The number of benzene rings is 2. The van der Waals surface area contributed by atoms with Crippen LogP contribution >= 0.6 is 11.3 Å². The molecule has 0 fully saturated rings. The molecule has 0 saturated heterocycles. The summed E-state index contributed by atoms with van der Waals surface area (Å²) in [6, 6.07) is 13.9. The van der Waals surface area contributed by atoms with Gasteiger partial charge in [-0.15, -0.1) is 0 Å². The number of hydrogen-bond donors (Lipinski definition) is 0. The molecule has 32 heavy (non-hydrogen) atoms. The maximum Gasteiger partial charge on any atom is 0.260 e. The standard InChI is InChI=1S/C24H24N2O4S2/c1-15(2)32(28,29)20-9-5-7-18(13-20)23(27)26(14-19-8-6-10-30-19)24-25-22-17(4)11-16(3)12-21(22)31-24/h5-13,15H,14H2,1-4H3. The number of aryl methyl sites for hydroxylation is 2. The number of aromatic nitrogens is 1. The lowest BCUT2D eigenvalue weighted by Gasteiger charge is -2.19. The molecule has 4 rings (SSSR count). The Kier molecular flexibility index (Phi) is 5.92. The minimum absolute atomic E-state index is 0.132. The van der Waals surface area contributed by atoms with E-state index in [1.165, 1.54) is 23.5 Å². The molecule has 2 heterocycles. The highest BCUT2D eigenvalue weighted by Gasteiger charge is 2.26. The van der Waals surface area contributed by atoms with Crippen LogP contribution in [0.1, 0.15) is 41.1 Å². The van der Waals surface area contributed by atoms with E-state index in [0.29, 0.717) is 10.9 Å². The lowest BCUT2D eigenvalue weighted by molar-refractivity contribution is 0.0983. The molecule has 166 valence electrons. The van der Waals surface area contributed by atoms with Crippen molar-refractivity contribution in [3.63, 3.8) is 0 Å². The van der Waals surface area contributed by atoms with Crippen LogP contribution in [0.15, 0.2) is 64.1 Å². The van der Waals surface area contributed by atoms with Gasteiger partial charge in [0.25, 0.3) is 5.91 Å². The van der Waals surface area contributed by atoms with Crippen LogP contribution in [-0.4, -0.2) is 24.6 Å². The lowest BCUT2D eigenvalue weighted by Crippen LogP contribution is -2.30. The van der Waals surface area contributed by atoms with E-state index in [1.54, 1.807) is 49.3 Å². The average molecular weight is 469 g/mol. The van der Waals surface area contributed by atoms with Gasteiger partial charge in [-0.3, -0.25) is 9.69 Å². The van der Waals surface area contributed by atoms with Crippen LogP contribution in [0.4, 0.5) is 5.13 Å². The Bertz CT molecular complexity index is 1390. The third kappa shape index (κ3) is 4.20. The maximum absolute atomic E-state index is 13.6. The molecule has 8 heteroatoms. The fraction of sp³-hybridized carbons (Fsp3) is 0.250. The number of fused-ring (bicyclic) bond motifs is 1. The second kappa shape index (κ2) is 8.52. The third-order valence-corrected chi connectivity index (χ3v) is 8.40. The van der Waals surface area contributed by atoms with Crippen LogP contribution in [0.25, 0.3) is 10.2 Å². The average Bonchev–Trinajstić information content (AvgIpc) is 3.41. The number of nitrogens with zero attached hydrogens (tertiary/aromatic N) is 2. The molecular formula is C24H24N2O4S2. The minimum atomic E-state index is -3.51. The highest BCUT2D eigenvalue weighted by Crippen LogP contribution is 2.33. The van der Waals surface area contributed by atoms with Crippen molar-refractivity contribution in [2.75, 3.05) is 4.90 Å². The Morgan fingerprint density at radius 1 is 1.12 bits per heavy atom. The first-order valence-corrected chi connectivity index (χ1v) is 12.6. The molecule has 0 saturated carbocycles. The molecule has 6 nitrogen and oxygen atoms in total. The van der Waals surface area contributed by atoms with E-state index >= 15 is 0 Å². The summed E-state index contributed by atoms with van der Waals surface area (Å²) < 4.78 is 31.8. The fourth-order valence-electron chi connectivity index (χ4n) is 3.49. The molecule has 0 N–H and O–H groups in total. The third-order valence-electron chi connectivity index (χ3n) is 5.22. The SMILES string of the molecule is Cc1cc(C)c2nc(N(Cc3ccco3)C(=O)c3cccc(S(=O)(=O)C(C)C)c3)sc2c1. The quantitative estimate of drug-likeness (QED) is 0.371. The highest BCUT2D eigenvalue weighted by atomic mass is 32.2. The molecule has 0 aliphatic carbocycles. The number of carbonyl (C=O) groups is 1. The molecule has 0 aliphatic heterocycles. The van der Waals surface area contributed by atoms with Gasteiger partial charge in [-0.2, -0.15) is 0 Å². The number of amides is 1. The summed E-state index contributed by atoms with van der Waals surface area (Å²) in [4.78, 5) is 20.0. The van der Waals surface area contributed by atoms with Crippen molar-refractivity contribution >= 4 is 42.4 Å². The first-order chi connectivity index (χ1) is 15.2. The van der Waals surface area contributed by atoms with E-state index in [4.69, 9.17) is 9.40 Å². The first-order valence-electron chi connectivity index (χ1n) is 10.2. The summed E-state index contributed by atoms with van der Waals surface area (Å²) >= 11 is 1.43. The summed E-state index contributed by atoms with van der Waals surface area (Å²) in [6.45, 7) is 7.46. The largest absolute Gasteiger partial charge is 0.467 e. The summed E-state index contributed by atoms with van der Waals surface area (Å²) in [5, 5.41) is -0.0465. The Labute approximate surface area is 191 Å². The van der Waals surface area contributed by atoms with Crippen molar-refractivity contribution in [2.45, 2.75) is 44.4 Å². The smallest absolute Gasteiger partial charge is 0.260 e. The summed E-state index contributed by atoms with van der Waals surface area (Å²) in [7, 11) is -3.51. The monoisotopic (exact) mass is 468 g/mol. The van der Waals surface area contributed by atoms with Gasteiger partial charge in [0.15, 0.2) is 15.0 Å². The fourth-order valence-corrected chi connectivity index (χ4v) is 5.74. The molecule has 0 atom stereocenters. The molecule has 0 bridgehead atoms. The van der Waals surface area contributed by atoms with Crippen LogP contribution in [0, 0.1) is 13.8 Å². The molecule has 4 aromatic rings. The van der Waals surface area contributed by atoms with E-state index < -0.39 is 15.1 Å². The maximum atomic E-state index is 13.6. The van der Waals surface area contributed by atoms with E-state index in [1.807, 2.05) is 13.8 Å². The van der Waals surface area contributed by atoms with Gasteiger partial charge in [0.1, 0.15) is 5.76 Å². The summed E-state index contributed by atoms with van der Waals surface area (Å²) in [5.74, 6) is 0.270. The Morgan fingerprint density at radius 3 is 2.59 bits per heavy atom. The number of anilines is 1. The van der Waals surface area contributed by atoms with E-state index in [2.05, 4.69) is 12.1 Å². The Morgan fingerprint density at radius 2 is 1.91 bits per heavy atom. The molecular weight excluding hydrogens is 444 g/mol. The molecule has 1 amide bonds. The predicted molar refractivity (Wildman–Crippen MR) is 127 cm³/mol. The van der Waals surface area contributed by atoms with Crippen molar-refractivity contribution in [1.29, 1.82) is 0 Å². The van der Waals surface area contributed by atoms with Crippen LogP contribution in [0.5, 0.6) is 0 Å². The van der Waals surface area contributed by atoms with Crippen molar-refractivity contribution in [2.24, 2.45) is 0 Å². The predicted octanol–water partition coefficient (Wildman–Crippen LogP) is 5.54. The zero-order chi connectivity index (χ0) is 23.0. The lowest BCUT2D eigenvalue weighted by atomic mass is 10.1. The van der Waals surface area contributed by atoms with Gasteiger partial charge >= 0.3 is 0 Å². The first kappa shape index (κ1) is 22.2. The number of carbonyl (C=O) groups excluding carboxylic acids is 1. The Hall–Kier alpha value is -2.97. The summed E-state index contributed by atoms with van der Waals surface area (Å²) in [5.41, 5.74) is 3.30. The molecule has 0 radical (unpaired) electrons. The van der Waals surface area contributed by atoms with E-state index in [9.17, 15) is 13.2 Å². The molecule has 0 aliphatic rings. The summed E-state index contributed by atoms with van der Waals surface area (Å²) in [6.07, 6.45) is 1.56. The number of hydrogen-bond acceptors (Lipinski definition) is 6. The normalized spacial score (nSPS) is 11.9. The van der Waals surface area contributed by atoms with Crippen LogP contribution in [0.3, 0.4) is 0 Å². The van der Waals surface area contributed by atoms with Gasteiger partial charge < -0.3 is 4.42 Å². The van der Waals surface area contributed by atoms with Crippen molar-refractivity contribution < 1.29 is 17.6 Å². The molecule has 0 unspecified atom stereocenters. The molecule has 2 aromatic carbocycles. The minimum Gasteiger partial charge on any atom is -0.467 e. The van der Waals surface area contributed by atoms with Crippen LogP contribution in [-0.2, 0) is 16.4 Å². The van der Waals surface area contributed by atoms with Gasteiger partial charge in [-0.05, 0) is 75.2 Å². The van der Waals surface area contributed by atoms with Crippen molar-refractivity contribution in [3.05, 3.63) is 77.2 Å². The Balaban J connectivity index is 1.80. The number of furan rings is 1. The van der Waals surface area contributed by atoms with E-state index in [0.717, 1.165) is 21.3 Å². The molecule has 2 aromatic heterocycles. The van der Waals surface area contributed by atoms with Crippen LogP contribution < -0.4 is 4.90 Å². The zero-order valence-electron chi connectivity index (χ0n) is 18.3. The number of rotatable bonds is 6. The number of thiazole rings is 1. The second-order valence-corrected chi connectivity index (χ2v) is 11.5. The highest BCUT2D eigenvalue weighted by molar-refractivity contribution is 7.92. The van der Waals surface area contributed by atoms with Crippen molar-refractivity contribution in [3.8, 4) is 0 Å². The van der Waals surface area contributed by atoms with Crippen molar-refractivity contribution in [1.82, 2.24) is 4.98 Å². The van der Waals surface area contributed by atoms with Crippen LogP contribution in [0.2, 0.25) is 0 Å². The topological polar surface area (TPSA) is 80.5 Å². The van der Waals surface area contributed by atoms with Gasteiger partial charge in [0.2, 0.25) is 0 Å². The van der Waals surface area contributed by atoms with Gasteiger partial charge in [-0.25, -0.2) is 13.4 Å². The van der Waals surface area contributed by atoms with Gasteiger partial charge in [0.05, 0.1) is 33.2 Å². The van der Waals surface area contributed by atoms with E-state index in [-0.39, 0.29) is 22.9 Å². The second-order valence-electron chi connectivity index (χ2n) is 8.02. The molecule has 0 spiro atoms. The zero-order valence-corrected chi connectivity index (χ0v) is 20.0. The number of sulfone groups is 1. The van der Waals surface area contributed by atoms with Gasteiger partial charge in [0, 0.05) is 5.56 Å².